The van der Waals surface area contributed by atoms with Gasteiger partial charge in [0.2, 0.25) is 0 Å². The molecule has 0 fully saturated rings. The number of anilines is 1. The first-order chi connectivity index (χ1) is 12.0. The SMILES string of the molecule is CN(C)CCOc1ccccc1C(=O)Nc1ccc(OC(F)F)cc1. The minimum Gasteiger partial charge on any atom is -0.491 e. The lowest BCUT2D eigenvalue weighted by atomic mass is 10.2. The lowest BCUT2D eigenvalue weighted by molar-refractivity contribution is -0.0498. The van der Waals surface area contributed by atoms with Gasteiger partial charge in [-0.15, -0.1) is 0 Å². The summed E-state index contributed by atoms with van der Waals surface area (Å²) in [5.41, 5.74) is 0.865. The van der Waals surface area contributed by atoms with E-state index in [-0.39, 0.29) is 11.7 Å². The summed E-state index contributed by atoms with van der Waals surface area (Å²) in [7, 11) is 3.87. The molecule has 0 bridgehead atoms. The summed E-state index contributed by atoms with van der Waals surface area (Å²) in [6.07, 6.45) is 0. The zero-order valence-electron chi connectivity index (χ0n) is 14.0. The predicted molar refractivity (Wildman–Crippen MR) is 91.5 cm³/mol. The van der Waals surface area contributed by atoms with Crippen LogP contribution >= 0.6 is 0 Å². The Labute approximate surface area is 145 Å². The minimum absolute atomic E-state index is 0.0282. The topological polar surface area (TPSA) is 50.8 Å². The van der Waals surface area contributed by atoms with E-state index in [0.29, 0.717) is 23.6 Å². The molecule has 25 heavy (non-hydrogen) atoms. The summed E-state index contributed by atoms with van der Waals surface area (Å²) in [4.78, 5) is 14.4. The second-order valence-corrected chi connectivity index (χ2v) is 5.50. The van der Waals surface area contributed by atoms with Gasteiger partial charge in [-0.25, -0.2) is 0 Å². The fraction of sp³-hybridized carbons (Fsp3) is 0.278. The van der Waals surface area contributed by atoms with Crippen LogP contribution in [0, 0.1) is 0 Å². The zero-order chi connectivity index (χ0) is 18.2. The number of halogens is 2. The highest BCUT2D eigenvalue weighted by molar-refractivity contribution is 6.06. The number of carbonyl (C=O) groups is 1. The molecule has 0 aliphatic rings. The molecule has 0 radical (unpaired) electrons. The number of para-hydroxylation sites is 1. The van der Waals surface area contributed by atoms with Crippen molar-refractivity contribution in [3.63, 3.8) is 0 Å². The number of hydrogen-bond donors (Lipinski definition) is 1. The van der Waals surface area contributed by atoms with Gasteiger partial charge in [0.1, 0.15) is 18.1 Å². The molecule has 0 saturated carbocycles. The summed E-state index contributed by atoms with van der Waals surface area (Å²) in [6, 6.07) is 12.6. The molecule has 0 spiro atoms. The van der Waals surface area contributed by atoms with E-state index in [1.54, 1.807) is 24.3 Å². The summed E-state index contributed by atoms with van der Waals surface area (Å²) in [6.45, 7) is -1.70. The van der Waals surface area contributed by atoms with Crippen LogP contribution in [0.5, 0.6) is 11.5 Å². The van der Waals surface area contributed by atoms with Gasteiger partial charge in [-0.2, -0.15) is 8.78 Å². The molecule has 0 aliphatic heterocycles. The van der Waals surface area contributed by atoms with E-state index in [1.807, 2.05) is 19.0 Å². The highest BCUT2D eigenvalue weighted by Crippen LogP contribution is 2.21. The van der Waals surface area contributed by atoms with E-state index in [9.17, 15) is 13.6 Å². The molecule has 7 heteroatoms. The monoisotopic (exact) mass is 350 g/mol. The Morgan fingerprint density at radius 1 is 1.12 bits per heavy atom. The van der Waals surface area contributed by atoms with Crippen LogP contribution in [-0.4, -0.2) is 44.7 Å². The van der Waals surface area contributed by atoms with E-state index >= 15 is 0 Å². The number of likely N-dealkylation sites (N-methyl/N-ethyl adjacent to an activating group) is 1. The van der Waals surface area contributed by atoms with Crippen LogP contribution < -0.4 is 14.8 Å². The number of rotatable bonds is 8. The largest absolute Gasteiger partial charge is 0.491 e. The number of alkyl halides is 2. The molecule has 134 valence electrons. The summed E-state index contributed by atoms with van der Waals surface area (Å²) >= 11 is 0. The van der Waals surface area contributed by atoms with Crippen molar-refractivity contribution in [2.24, 2.45) is 0 Å². The summed E-state index contributed by atoms with van der Waals surface area (Å²) in [5, 5.41) is 2.71. The van der Waals surface area contributed by atoms with Crippen molar-refractivity contribution in [1.82, 2.24) is 4.90 Å². The third-order valence-corrected chi connectivity index (χ3v) is 3.27. The first-order valence-electron chi connectivity index (χ1n) is 7.68. The molecular weight excluding hydrogens is 330 g/mol. The smallest absolute Gasteiger partial charge is 0.387 e. The Bertz CT molecular complexity index is 691. The molecule has 2 rings (SSSR count). The molecule has 0 atom stereocenters. The van der Waals surface area contributed by atoms with Crippen LogP contribution in [-0.2, 0) is 0 Å². The van der Waals surface area contributed by atoms with E-state index in [2.05, 4.69) is 10.1 Å². The molecule has 0 aliphatic carbocycles. The Balaban J connectivity index is 2.03. The molecular formula is C18H20F2N2O3. The quantitative estimate of drug-likeness (QED) is 0.792. The molecule has 0 saturated heterocycles. The van der Waals surface area contributed by atoms with Crippen LogP contribution in [0.15, 0.2) is 48.5 Å². The van der Waals surface area contributed by atoms with Crippen LogP contribution in [0.4, 0.5) is 14.5 Å². The van der Waals surface area contributed by atoms with E-state index in [4.69, 9.17) is 4.74 Å². The van der Waals surface area contributed by atoms with Gasteiger partial charge >= 0.3 is 6.61 Å². The maximum absolute atomic E-state index is 12.4. The van der Waals surface area contributed by atoms with Gasteiger partial charge in [0, 0.05) is 12.2 Å². The molecule has 0 unspecified atom stereocenters. The molecule has 2 aromatic carbocycles. The summed E-state index contributed by atoms with van der Waals surface area (Å²) in [5.74, 6) is 0.169. The van der Waals surface area contributed by atoms with E-state index in [1.165, 1.54) is 24.3 Å². The van der Waals surface area contributed by atoms with Crippen LogP contribution in [0.25, 0.3) is 0 Å². The standard InChI is InChI=1S/C18H20F2N2O3/c1-22(2)11-12-24-16-6-4-3-5-15(16)17(23)21-13-7-9-14(10-8-13)25-18(19)20/h3-10,18H,11-12H2,1-2H3,(H,21,23). The molecule has 5 nitrogen and oxygen atoms in total. The molecule has 1 amide bonds. The Morgan fingerprint density at radius 2 is 1.80 bits per heavy atom. The number of ether oxygens (including phenoxy) is 2. The van der Waals surface area contributed by atoms with Gasteiger partial charge in [0.15, 0.2) is 0 Å². The van der Waals surface area contributed by atoms with Gasteiger partial charge < -0.3 is 19.7 Å². The fourth-order valence-electron chi connectivity index (χ4n) is 2.04. The van der Waals surface area contributed by atoms with Gasteiger partial charge in [-0.3, -0.25) is 4.79 Å². The second-order valence-electron chi connectivity index (χ2n) is 5.50. The number of hydrogen-bond acceptors (Lipinski definition) is 4. The Hall–Kier alpha value is -2.67. The van der Waals surface area contributed by atoms with Crippen molar-refractivity contribution in [3.05, 3.63) is 54.1 Å². The lowest BCUT2D eigenvalue weighted by Gasteiger charge is -2.14. The number of nitrogens with zero attached hydrogens (tertiary/aromatic N) is 1. The number of carbonyl (C=O) groups excluding carboxylic acids is 1. The Kier molecular flexibility index (Phi) is 6.71. The number of benzene rings is 2. The van der Waals surface area contributed by atoms with Crippen molar-refractivity contribution in [2.45, 2.75) is 6.61 Å². The minimum atomic E-state index is -2.88. The van der Waals surface area contributed by atoms with E-state index in [0.717, 1.165) is 6.54 Å². The molecule has 2 aromatic rings. The van der Waals surface area contributed by atoms with Gasteiger partial charge in [-0.1, -0.05) is 12.1 Å². The molecule has 0 aromatic heterocycles. The first-order valence-corrected chi connectivity index (χ1v) is 7.68. The van der Waals surface area contributed by atoms with Crippen LogP contribution in [0.1, 0.15) is 10.4 Å². The average molecular weight is 350 g/mol. The number of nitrogens with one attached hydrogen (secondary N) is 1. The first kappa shape index (κ1) is 18.7. The van der Waals surface area contributed by atoms with Crippen molar-refractivity contribution < 1.29 is 23.0 Å². The van der Waals surface area contributed by atoms with Crippen molar-refractivity contribution >= 4 is 11.6 Å². The van der Waals surface area contributed by atoms with Crippen molar-refractivity contribution in [3.8, 4) is 11.5 Å². The highest BCUT2D eigenvalue weighted by atomic mass is 19.3. The van der Waals surface area contributed by atoms with Gasteiger partial charge in [-0.05, 0) is 50.5 Å². The molecule has 0 heterocycles. The zero-order valence-corrected chi connectivity index (χ0v) is 14.0. The fourth-order valence-corrected chi connectivity index (χ4v) is 2.04. The second kappa shape index (κ2) is 8.98. The van der Waals surface area contributed by atoms with Gasteiger partial charge in [0.25, 0.3) is 5.91 Å². The van der Waals surface area contributed by atoms with Crippen LogP contribution in [0.3, 0.4) is 0 Å². The van der Waals surface area contributed by atoms with Crippen molar-refractivity contribution in [1.29, 1.82) is 0 Å². The third-order valence-electron chi connectivity index (χ3n) is 3.27. The summed E-state index contributed by atoms with van der Waals surface area (Å²) < 4.78 is 34.2. The normalized spacial score (nSPS) is 10.8. The van der Waals surface area contributed by atoms with Crippen LogP contribution in [0.2, 0.25) is 0 Å². The maximum Gasteiger partial charge on any atom is 0.387 e. The highest BCUT2D eigenvalue weighted by Gasteiger charge is 2.13. The number of amides is 1. The predicted octanol–water partition coefficient (Wildman–Crippen LogP) is 3.48. The van der Waals surface area contributed by atoms with Crippen molar-refractivity contribution in [2.75, 3.05) is 32.6 Å². The molecule has 1 N–H and O–H groups in total. The Morgan fingerprint density at radius 3 is 2.44 bits per heavy atom. The van der Waals surface area contributed by atoms with E-state index < -0.39 is 6.61 Å². The maximum atomic E-state index is 12.4. The third kappa shape index (κ3) is 6.04. The van der Waals surface area contributed by atoms with Gasteiger partial charge in [0.05, 0.1) is 5.56 Å². The average Bonchev–Trinajstić information content (AvgIpc) is 2.56. The lowest BCUT2D eigenvalue weighted by Crippen LogP contribution is -2.20.